The Bertz CT molecular complexity index is 1250. The number of rotatable bonds is 23. The van der Waals surface area contributed by atoms with E-state index in [9.17, 15) is 9.59 Å². The van der Waals surface area contributed by atoms with Gasteiger partial charge in [0.15, 0.2) is 6.10 Å². The van der Waals surface area contributed by atoms with Gasteiger partial charge in [-0.25, -0.2) is 9.59 Å². The Morgan fingerprint density at radius 3 is 1.54 bits per heavy atom. The summed E-state index contributed by atoms with van der Waals surface area (Å²) in [5, 5.41) is 0. The summed E-state index contributed by atoms with van der Waals surface area (Å²) in [6.45, 7) is 7.27. The van der Waals surface area contributed by atoms with E-state index < -0.39 is 12.1 Å². The molecule has 0 aliphatic heterocycles. The van der Waals surface area contributed by atoms with Crippen LogP contribution in [0.4, 0.5) is 0 Å². The van der Waals surface area contributed by atoms with Crippen LogP contribution >= 0.6 is 0 Å². The lowest BCUT2D eigenvalue weighted by molar-refractivity contribution is -0.151. The quantitative estimate of drug-likeness (QED) is 0.0590. The van der Waals surface area contributed by atoms with Gasteiger partial charge in [-0.1, -0.05) is 115 Å². The van der Waals surface area contributed by atoms with Crippen LogP contribution in [0.25, 0.3) is 11.1 Å². The summed E-state index contributed by atoms with van der Waals surface area (Å²) in [6.07, 6.45) is 16.3. The van der Waals surface area contributed by atoms with E-state index in [4.69, 9.17) is 18.9 Å². The van der Waals surface area contributed by atoms with Crippen LogP contribution in [0.1, 0.15) is 121 Å². The van der Waals surface area contributed by atoms with Gasteiger partial charge in [-0.15, -0.1) is 0 Å². The number of benzene rings is 3. The molecule has 3 rings (SSSR count). The smallest absolute Gasteiger partial charge is 0.347 e. The second-order valence-electron chi connectivity index (χ2n) is 12.0. The van der Waals surface area contributed by atoms with Crippen LogP contribution in [0.15, 0.2) is 72.8 Å². The maximum absolute atomic E-state index is 12.7. The van der Waals surface area contributed by atoms with Crippen LogP contribution in [0, 0.1) is 0 Å². The Hall–Kier alpha value is -3.80. The van der Waals surface area contributed by atoms with Gasteiger partial charge in [0.1, 0.15) is 17.2 Å². The molecule has 0 bridgehead atoms. The van der Waals surface area contributed by atoms with Crippen LogP contribution in [-0.2, 0) is 9.53 Å². The van der Waals surface area contributed by atoms with Crippen molar-refractivity contribution in [3.8, 4) is 28.4 Å². The molecule has 6 heteroatoms. The van der Waals surface area contributed by atoms with Crippen LogP contribution < -0.4 is 14.2 Å². The molecule has 0 saturated heterocycles. The monoisotopic (exact) mass is 630 g/mol. The minimum Gasteiger partial charge on any atom is -0.494 e. The average molecular weight is 631 g/mol. The first-order valence-corrected chi connectivity index (χ1v) is 17.5. The normalized spacial score (nSPS) is 11.5. The van der Waals surface area contributed by atoms with Crippen molar-refractivity contribution in [2.24, 2.45) is 0 Å². The standard InChI is InChI=1S/C40H54O6/c1-4-6-8-10-12-13-15-16-30-43-36-24-22-35(23-25-36)40(42)46-38-28-20-34(21-29-38)33-18-26-37(27-19-33)45-32(3)39(41)44-31-17-14-11-9-7-5-2/h18-29,32H,4-17,30-31H2,1-3H3. The zero-order chi connectivity index (χ0) is 32.8. The Morgan fingerprint density at radius 1 is 0.543 bits per heavy atom. The molecule has 0 aliphatic carbocycles. The molecule has 6 nitrogen and oxygen atoms in total. The highest BCUT2D eigenvalue weighted by atomic mass is 16.6. The topological polar surface area (TPSA) is 71.1 Å². The second kappa shape index (κ2) is 21.9. The van der Waals surface area contributed by atoms with Crippen molar-refractivity contribution in [3.63, 3.8) is 0 Å². The summed E-state index contributed by atoms with van der Waals surface area (Å²) in [4.78, 5) is 25.0. The average Bonchev–Trinajstić information content (AvgIpc) is 3.08. The minimum absolute atomic E-state index is 0.346. The van der Waals surface area contributed by atoms with E-state index in [-0.39, 0.29) is 5.97 Å². The Balaban J connectivity index is 1.36. The summed E-state index contributed by atoms with van der Waals surface area (Å²) in [6, 6.07) is 22.0. The summed E-state index contributed by atoms with van der Waals surface area (Å²) >= 11 is 0. The Labute approximate surface area is 276 Å². The van der Waals surface area contributed by atoms with Gasteiger partial charge in [0.2, 0.25) is 0 Å². The van der Waals surface area contributed by atoms with Crippen LogP contribution in [0.5, 0.6) is 17.2 Å². The van der Waals surface area contributed by atoms with E-state index in [0.717, 1.165) is 36.1 Å². The Kier molecular flexibility index (Phi) is 17.4. The maximum atomic E-state index is 12.7. The summed E-state index contributed by atoms with van der Waals surface area (Å²) in [5.74, 6) is 1.07. The number of hydrogen-bond acceptors (Lipinski definition) is 6. The van der Waals surface area contributed by atoms with E-state index >= 15 is 0 Å². The lowest BCUT2D eigenvalue weighted by atomic mass is 10.1. The van der Waals surface area contributed by atoms with Gasteiger partial charge in [0.05, 0.1) is 18.8 Å². The van der Waals surface area contributed by atoms with Crippen molar-refractivity contribution >= 4 is 11.9 Å². The molecule has 0 fully saturated rings. The van der Waals surface area contributed by atoms with Crippen molar-refractivity contribution in [1.29, 1.82) is 0 Å². The fourth-order valence-corrected chi connectivity index (χ4v) is 5.15. The largest absolute Gasteiger partial charge is 0.494 e. The second-order valence-corrected chi connectivity index (χ2v) is 12.0. The van der Waals surface area contributed by atoms with Gasteiger partial charge in [-0.2, -0.15) is 0 Å². The molecule has 3 aromatic rings. The zero-order valence-electron chi connectivity index (χ0n) is 28.3. The first-order chi connectivity index (χ1) is 22.5. The lowest BCUT2D eigenvalue weighted by Crippen LogP contribution is -2.26. The van der Waals surface area contributed by atoms with E-state index in [1.54, 1.807) is 31.2 Å². The van der Waals surface area contributed by atoms with E-state index in [1.165, 1.54) is 70.6 Å². The number of carbonyl (C=O) groups excluding carboxylic acids is 2. The molecule has 0 saturated carbocycles. The van der Waals surface area contributed by atoms with Crippen molar-refractivity contribution in [2.75, 3.05) is 13.2 Å². The lowest BCUT2D eigenvalue weighted by Gasteiger charge is -2.14. The molecule has 0 N–H and O–H groups in total. The fraction of sp³-hybridized carbons (Fsp3) is 0.500. The van der Waals surface area contributed by atoms with Crippen molar-refractivity contribution in [2.45, 2.75) is 117 Å². The molecule has 250 valence electrons. The molecular formula is C40H54O6. The predicted octanol–water partition coefficient (Wildman–Crippen LogP) is 10.8. The number of esters is 2. The number of ether oxygens (including phenoxy) is 4. The van der Waals surface area contributed by atoms with E-state index in [1.807, 2.05) is 48.5 Å². The molecular weight excluding hydrogens is 576 g/mol. The Morgan fingerprint density at radius 2 is 1.00 bits per heavy atom. The molecule has 1 atom stereocenters. The summed E-state index contributed by atoms with van der Waals surface area (Å²) < 4.78 is 22.6. The molecule has 46 heavy (non-hydrogen) atoms. The van der Waals surface area contributed by atoms with Gasteiger partial charge in [-0.3, -0.25) is 0 Å². The molecule has 0 radical (unpaired) electrons. The van der Waals surface area contributed by atoms with E-state index in [0.29, 0.717) is 30.3 Å². The van der Waals surface area contributed by atoms with Gasteiger partial charge in [-0.05, 0) is 79.4 Å². The third-order valence-electron chi connectivity index (χ3n) is 8.00. The number of carbonyl (C=O) groups is 2. The maximum Gasteiger partial charge on any atom is 0.347 e. The number of unbranched alkanes of at least 4 members (excludes halogenated alkanes) is 12. The highest BCUT2D eigenvalue weighted by Gasteiger charge is 2.16. The van der Waals surface area contributed by atoms with Crippen molar-refractivity contribution < 1.29 is 28.5 Å². The third kappa shape index (κ3) is 14.1. The predicted molar refractivity (Wildman–Crippen MR) is 186 cm³/mol. The van der Waals surface area contributed by atoms with Crippen molar-refractivity contribution in [3.05, 3.63) is 78.4 Å². The van der Waals surface area contributed by atoms with Gasteiger partial charge < -0.3 is 18.9 Å². The summed E-state index contributed by atoms with van der Waals surface area (Å²) in [5.41, 5.74) is 2.42. The highest BCUT2D eigenvalue weighted by molar-refractivity contribution is 5.91. The van der Waals surface area contributed by atoms with Gasteiger partial charge in [0.25, 0.3) is 0 Å². The number of hydrogen-bond donors (Lipinski definition) is 0. The molecule has 0 heterocycles. The molecule has 1 unspecified atom stereocenters. The van der Waals surface area contributed by atoms with Gasteiger partial charge >= 0.3 is 11.9 Å². The van der Waals surface area contributed by atoms with Crippen molar-refractivity contribution in [1.82, 2.24) is 0 Å². The minimum atomic E-state index is -0.677. The highest BCUT2D eigenvalue weighted by Crippen LogP contribution is 2.26. The van der Waals surface area contributed by atoms with Crippen LogP contribution in [-0.4, -0.2) is 31.3 Å². The molecule has 0 aliphatic rings. The molecule has 0 aromatic heterocycles. The van der Waals surface area contributed by atoms with Crippen LogP contribution in [0.3, 0.4) is 0 Å². The first-order valence-electron chi connectivity index (χ1n) is 17.5. The summed E-state index contributed by atoms with van der Waals surface area (Å²) in [7, 11) is 0. The molecule has 0 amide bonds. The SMILES string of the molecule is CCCCCCCCCCOc1ccc(C(=O)Oc2ccc(-c3ccc(OC(C)C(=O)OCCCCCCCC)cc3)cc2)cc1. The fourth-order valence-electron chi connectivity index (χ4n) is 5.15. The third-order valence-corrected chi connectivity index (χ3v) is 8.00. The zero-order valence-corrected chi connectivity index (χ0v) is 28.3. The van der Waals surface area contributed by atoms with Gasteiger partial charge in [0, 0.05) is 0 Å². The molecule has 3 aromatic carbocycles. The van der Waals surface area contributed by atoms with Crippen LogP contribution in [0.2, 0.25) is 0 Å². The first kappa shape index (κ1) is 36.7. The van der Waals surface area contributed by atoms with E-state index in [2.05, 4.69) is 13.8 Å². The molecule has 0 spiro atoms.